The van der Waals surface area contributed by atoms with E-state index < -0.39 is 0 Å². The molecule has 1 aliphatic rings. The Morgan fingerprint density at radius 3 is 2.62 bits per heavy atom. The summed E-state index contributed by atoms with van der Waals surface area (Å²) in [5.74, 6) is 2.55. The number of nitrogens with one attached hydrogen (secondary N) is 2. The quantitative estimate of drug-likeness (QED) is 0.386. The third-order valence-corrected chi connectivity index (χ3v) is 5.71. The SMILES string of the molecule is CN=C(NCCCCN1CCC(Cc2ccccc2)CC1)NCc1ncnn1C. The fourth-order valence-corrected chi connectivity index (χ4v) is 3.89. The minimum atomic E-state index is 0.619. The van der Waals surface area contributed by atoms with Crippen molar-refractivity contribution in [2.75, 3.05) is 33.2 Å². The van der Waals surface area contributed by atoms with Crippen molar-refractivity contribution in [1.82, 2.24) is 30.3 Å². The van der Waals surface area contributed by atoms with Crippen LogP contribution >= 0.6 is 0 Å². The molecule has 7 nitrogen and oxygen atoms in total. The van der Waals surface area contributed by atoms with Crippen molar-refractivity contribution in [3.05, 3.63) is 48.0 Å². The Kier molecular flexibility index (Phi) is 8.49. The molecule has 1 aliphatic heterocycles. The number of aliphatic imine (C=N–C) groups is 1. The third-order valence-electron chi connectivity index (χ3n) is 5.71. The zero-order valence-corrected chi connectivity index (χ0v) is 17.8. The molecule has 0 spiro atoms. The van der Waals surface area contributed by atoms with Gasteiger partial charge in [0.1, 0.15) is 12.2 Å². The maximum absolute atomic E-state index is 4.27. The smallest absolute Gasteiger partial charge is 0.191 e. The van der Waals surface area contributed by atoms with E-state index in [1.807, 2.05) is 7.05 Å². The molecule has 1 aromatic carbocycles. The minimum Gasteiger partial charge on any atom is -0.356 e. The lowest BCUT2D eigenvalue weighted by molar-refractivity contribution is 0.181. The number of hydrogen-bond acceptors (Lipinski definition) is 4. The number of nitrogens with zero attached hydrogens (tertiary/aromatic N) is 5. The summed E-state index contributed by atoms with van der Waals surface area (Å²) in [6.45, 7) is 5.24. The first-order valence-corrected chi connectivity index (χ1v) is 10.8. The van der Waals surface area contributed by atoms with Gasteiger partial charge in [0.15, 0.2) is 5.96 Å². The van der Waals surface area contributed by atoms with Gasteiger partial charge in [-0.2, -0.15) is 5.10 Å². The molecule has 1 fully saturated rings. The number of likely N-dealkylation sites (tertiary alicyclic amines) is 1. The van der Waals surface area contributed by atoms with Gasteiger partial charge in [0.2, 0.25) is 0 Å². The second-order valence-corrected chi connectivity index (χ2v) is 7.83. The van der Waals surface area contributed by atoms with Crippen LogP contribution in [0.4, 0.5) is 0 Å². The fraction of sp³-hybridized carbons (Fsp3) is 0.591. The standard InChI is InChI=1S/C22H35N7/c1-23-22(25-17-21-26-18-27-28(21)2)24-12-6-7-13-29-14-10-20(11-15-29)16-19-8-4-3-5-9-19/h3-5,8-9,18,20H,6-7,10-17H2,1-2H3,(H2,23,24,25). The summed E-state index contributed by atoms with van der Waals surface area (Å²) in [5, 5.41) is 10.7. The summed E-state index contributed by atoms with van der Waals surface area (Å²) in [6, 6.07) is 10.9. The molecule has 158 valence electrons. The Bertz CT molecular complexity index is 733. The van der Waals surface area contributed by atoms with Crippen LogP contribution in [-0.2, 0) is 20.0 Å². The number of piperidine rings is 1. The summed E-state index contributed by atoms with van der Waals surface area (Å²) >= 11 is 0. The lowest BCUT2D eigenvalue weighted by atomic mass is 9.90. The molecule has 0 unspecified atom stereocenters. The molecule has 0 aliphatic carbocycles. The van der Waals surface area contributed by atoms with Crippen LogP contribution in [0.5, 0.6) is 0 Å². The van der Waals surface area contributed by atoms with Gasteiger partial charge in [0.05, 0.1) is 6.54 Å². The van der Waals surface area contributed by atoms with Crippen molar-refractivity contribution < 1.29 is 0 Å². The average Bonchev–Trinajstić information content (AvgIpc) is 3.17. The van der Waals surface area contributed by atoms with E-state index >= 15 is 0 Å². The first-order chi connectivity index (χ1) is 14.2. The van der Waals surface area contributed by atoms with E-state index in [0.717, 1.165) is 30.7 Å². The van der Waals surface area contributed by atoms with Gasteiger partial charge in [-0.1, -0.05) is 30.3 Å². The number of hydrogen-bond donors (Lipinski definition) is 2. The molecule has 2 N–H and O–H groups in total. The van der Waals surface area contributed by atoms with Crippen LogP contribution in [0.1, 0.15) is 37.1 Å². The number of benzene rings is 1. The Morgan fingerprint density at radius 1 is 1.14 bits per heavy atom. The van der Waals surface area contributed by atoms with Crippen molar-refractivity contribution in [2.24, 2.45) is 18.0 Å². The van der Waals surface area contributed by atoms with Crippen LogP contribution in [0.2, 0.25) is 0 Å². The maximum Gasteiger partial charge on any atom is 0.191 e. The third kappa shape index (κ3) is 7.16. The lowest BCUT2D eigenvalue weighted by Gasteiger charge is -2.32. The molecule has 0 bridgehead atoms. The monoisotopic (exact) mass is 397 g/mol. The molecule has 2 heterocycles. The predicted molar refractivity (Wildman–Crippen MR) is 118 cm³/mol. The highest BCUT2D eigenvalue weighted by molar-refractivity contribution is 5.79. The summed E-state index contributed by atoms with van der Waals surface area (Å²) in [7, 11) is 3.69. The largest absolute Gasteiger partial charge is 0.356 e. The second kappa shape index (κ2) is 11.6. The van der Waals surface area contributed by atoms with Gasteiger partial charge in [-0.15, -0.1) is 0 Å². The van der Waals surface area contributed by atoms with Gasteiger partial charge in [-0.3, -0.25) is 9.67 Å². The van der Waals surface area contributed by atoms with Gasteiger partial charge >= 0.3 is 0 Å². The van der Waals surface area contributed by atoms with E-state index in [9.17, 15) is 0 Å². The molecule has 1 saturated heterocycles. The Hall–Kier alpha value is -2.41. The Labute approximate surface area is 174 Å². The lowest BCUT2D eigenvalue weighted by Crippen LogP contribution is -2.38. The minimum absolute atomic E-state index is 0.619. The van der Waals surface area contributed by atoms with Crippen molar-refractivity contribution in [1.29, 1.82) is 0 Å². The fourth-order valence-electron chi connectivity index (χ4n) is 3.89. The number of aromatic nitrogens is 3. The normalized spacial score (nSPS) is 16.1. The highest BCUT2D eigenvalue weighted by Crippen LogP contribution is 2.21. The van der Waals surface area contributed by atoms with Gasteiger partial charge in [0.25, 0.3) is 0 Å². The first-order valence-electron chi connectivity index (χ1n) is 10.8. The van der Waals surface area contributed by atoms with E-state index in [1.165, 1.54) is 50.9 Å². The van der Waals surface area contributed by atoms with Crippen LogP contribution in [0.15, 0.2) is 41.7 Å². The molecule has 0 amide bonds. The van der Waals surface area contributed by atoms with Crippen LogP contribution in [0, 0.1) is 5.92 Å². The molecule has 0 radical (unpaired) electrons. The summed E-state index contributed by atoms with van der Waals surface area (Å²) < 4.78 is 1.77. The highest BCUT2D eigenvalue weighted by Gasteiger charge is 2.18. The summed E-state index contributed by atoms with van der Waals surface area (Å²) in [4.78, 5) is 11.1. The molecule has 2 aromatic rings. The molecule has 0 atom stereocenters. The highest BCUT2D eigenvalue weighted by atomic mass is 15.3. The predicted octanol–water partition coefficient (Wildman–Crippen LogP) is 2.21. The maximum atomic E-state index is 4.27. The molecule has 1 aromatic heterocycles. The molecule has 0 saturated carbocycles. The molecule has 29 heavy (non-hydrogen) atoms. The van der Waals surface area contributed by atoms with E-state index in [0.29, 0.717) is 6.54 Å². The van der Waals surface area contributed by atoms with Crippen LogP contribution in [0.25, 0.3) is 0 Å². The van der Waals surface area contributed by atoms with Gasteiger partial charge < -0.3 is 15.5 Å². The van der Waals surface area contributed by atoms with E-state index in [2.05, 4.69) is 60.9 Å². The molecule has 7 heteroatoms. The topological polar surface area (TPSA) is 70.4 Å². The van der Waals surface area contributed by atoms with Gasteiger partial charge in [-0.25, -0.2) is 4.98 Å². The summed E-state index contributed by atoms with van der Waals surface area (Å²) in [5.41, 5.74) is 1.48. The van der Waals surface area contributed by atoms with Crippen LogP contribution < -0.4 is 10.6 Å². The van der Waals surface area contributed by atoms with Crippen molar-refractivity contribution in [3.63, 3.8) is 0 Å². The summed E-state index contributed by atoms with van der Waals surface area (Å²) in [6.07, 6.45) is 7.82. The number of aryl methyl sites for hydroxylation is 1. The second-order valence-electron chi connectivity index (χ2n) is 7.83. The van der Waals surface area contributed by atoms with Crippen molar-refractivity contribution in [2.45, 2.75) is 38.6 Å². The zero-order valence-electron chi connectivity index (χ0n) is 17.8. The molecule has 3 rings (SSSR count). The van der Waals surface area contributed by atoms with Gasteiger partial charge in [-0.05, 0) is 63.2 Å². The van der Waals surface area contributed by atoms with Crippen LogP contribution in [-0.4, -0.2) is 58.9 Å². The zero-order chi connectivity index (χ0) is 20.3. The number of guanidine groups is 1. The Morgan fingerprint density at radius 2 is 1.93 bits per heavy atom. The van der Waals surface area contributed by atoms with E-state index in [4.69, 9.17) is 0 Å². The average molecular weight is 398 g/mol. The number of rotatable bonds is 9. The van der Waals surface area contributed by atoms with Gasteiger partial charge in [0, 0.05) is 20.6 Å². The number of unbranched alkanes of at least 4 members (excludes halogenated alkanes) is 1. The van der Waals surface area contributed by atoms with Crippen molar-refractivity contribution >= 4 is 5.96 Å². The van der Waals surface area contributed by atoms with E-state index in [-0.39, 0.29) is 0 Å². The van der Waals surface area contributed by atoms with Crippen LogP contribution in [0.3, 0.4) is 0 Å². The van der Waals surface area contributed by atoms with E-state index in [1.54, 1.807) is 18.1 Å². The molecular formula is C22H35N7. The first kappa shape index (κ1) is 21.3. The van der Waals surface area contributed by atoms with Crippen molar-refractivity contribution in [3.8, 4) is 0 Å². The Balaban J connectivity index is 1.24. The molecular weight excluding hydrogens is 362 g/mol.